The zero-order valence-corrected chi connectivity index (χ0v) is 8.20. The summed E-state index contributed by atoms with van der Waals surface area (Å²) in [4.78, 5) is 13.4. The molecule has 1 heterocycles. The van der Waals surface area contributed by atoms with Gasteiger partial charge in [0.15, 0.2) is 0 Å². The van der Waals surface area contributed by atoms with Crippen LogP contribution in [0.1, 0.15) is 26.2 Å². The first kappa shape index (κ1) is 9.00. The van der Waals surface area contributed by atoms with Crippen LogP contribution in [0, 0.1) is 11.8 Å². The van der Waals surface area contributed by atoms with E-state index in [0.717, 1.165) is 19.5 Å². The van der Waals surface area contributed by atoms with E-state index in [-0.39, 0.29) is 0 Å². The van der Waals surface area contributed by atoms with E-state index in [4.69, 9.17) is 5.73 Å². The lowest BCUT2D eigenvalue weighted by Crippen LogP contribution is -2.33. The number of nitrogens with zero attached hydrogens (tertiary/aromatic N) is 1. The van der Waals surface area contributed by atoms with E-state index in [9.17, 15) is 4.79 Å². The van der Waals surface area contributed by atoms with Gasteiger partial charge in [-0.05, 0) is 24.7 Å². The van der Waals surface area contributed by atoms with Crippen LogP contribution in [0.3, 0.4) is 0 Å². The Hall–Kier alpha value is -0.570. The highest BCUT2D eigenvalue weighted by Gasteiger charge is 2.41. The number of nitrogens with two attached hydrogens (primary N) is 1. The molecule has 3 nitrogen and oxygen atoms in total. The highest BCUT2D eigenvalue weighted by Crippen LogP contribution is 2.37. The van der Waals surface area contributed by atoms with E-state index in [0.29, 0.717) is 30.2 Å². The monoisotopic (exact) mass is 182 g/mol. The highest BCUT2D eigenvalue weighted by molar-refractivity contribution is 5.76. The van der Waals surface area contributed by atoms with Gasteiger partial charge in [-0.1, -0.05) is 6.92 Å². The minimum absolute atomic E-state index is 0.293. The lowest BCUT2D eigenvalue weighted by atomic mass is 9.98. The summed E-state index contributed by atoms with van der Waals surface area (Å²) in [6, 6.07) is 0.347. The average Bonchev–Trinajstić information content (AvgIpc) is 2.67. The number of fused-ring (bicyclic) bond motifs is 1. The molecule has 2 N–H and O–H groups in total. The molecule has 13 heavy (non-hydrogen) atoms. The minimum Gasteiger partial charge on any atom is -0.342 e. The summed E-state index contributed by atoms with van der Waals surface area (Å²) in [5.74, 6) is 1.59. The van der Waals surface area contributed by atoms with Crippen molar-refractivity contribution in [3.05, 3.63) is 0 Å². The minimum atomic E-state index is 0.293. The third kappa shape index (κ3) is 1.46. The van der Waals surface area contributed by atoms with E-state index in [2.05, 4.69) is 0 Å². The molecule has 2 fully saturated rings. The zero-order valence-electron chi connectivity index (χ0n) is 8.20. The van der Waals surface area contributed by atoms with Gasteiger partial charge in [0.25, 0.3) is 0 Å². The first-order valence-corrected chi connectivity index (χ1v) is 5.25. The molecule has 1 aliphatic carbocycles. The predicted octanol–water partition coefficient (Wildman–Crippen LogP) is 0.592. The quantitative estimate of drug-likeness (QED) is 0.645. The lowest BCUT2D eigenvalue weighted by Gasteiger charge is -2.17. The van der Waals surface area contributed by atoms with Crippen LogP contribution in [-0.2, 0) is 4.79 Å². The van der Waals surface area contributed by atoms with E-state index < -0.39 is 0 Å². The van der Waals surface area contributed by atoms with Crippen molar-refractivity contribution in [3.8, 4) is 0 Å². The SMILES string of the molecule is CCC(=O)N1C[C@@H]2CCC(N)[C@@H]2C1. The first-order chi connectivity index (χ1) is 6.22. The molecule has 3 atom stereocenters. The van der Waals surface area contributed by atoms with Crippen molar-refractivity contribution < 1.29 is 4.79 Å². The number of carbonyl (C=O) groups is 1. The average molecular weight is 182 g/mol. The van der Waals surface area contributed by atoms with Crippen LogP contribution in [0.15, 0.2) is 0 Å². The number of carbonyl (C=O) groups excluding carboxylic acids is 1. The summed E-state index contributed by atoms with van der Waals surface area (Å²) in [6.45, 7) is 3.81. The Morgan fingerprint density at radius 3 is 2.85 bits per heavy atom. The molecule has 0 aromatic carbocycles. The van der Waals surface area contributed by atoms with E-state index in [1.807, 2.05) is 11.8 Å². The molecule has 0 spiro atoms. The summed E-state index contributed by atoms with van der Waals surface area (Å²) in [7, 11) is 0. The fraction of sp³-hybridized carbons (Fsp3) is 0.900. The van der Waals surface area contributed by atoms with E-state index in [1.165, 1.54) is 6.42 Å². The Balaban J connectivity index is 1.98. The summed E-state index contributed by atoms with van der Waals surface area (Å²) >= 11 is 0. The molecule has 1 saturated carbocycles. The molecule has 0 bridgehead atoms. The largest absolute Gasteiger partial charge is 0.342 e. The Kier molecular flexibility index (Phi) is 2.28. The maximum Gasteiger partial charge on any atom is 0.222 e. The van der Waals surface area contributed by atoms with Crippen molar-refractivity contribution in [2.24, 2.45) is 17.6 Å². The van der Waals surface area contributed by atoms with Gasteiger partial charge in [0, 0.05) is 25.6 Å². The standard InChI is InChI=1S/C10H18N2O/c1-2-10(13)12-5-7-3-4-9(11)8(7)6-12/h7-9H,2-6,11H2,1H3/t7-,8+,9?/m0/s1. The third-order valence-electron chi connectivity index (χ3n) is 3.57. The second-order valence-electron chi connectivity index (χ2n) is 4.32. The molecular formula is C10H18N2O. The number of hydrogen-bond acceptors (Lipinski definition) is 2. The zero-order chi connectivity index (χ0) is 9.42. The molecule has 3 heteroatoms. The van der Waals surface area contributed by atoms with Gasteiger partial charge in [-0.3, -0.25) is 4.79 Å². The topological polar surface area (TPSA) is 46.3 Å². The number of hydrogen-bond donors (Lipinski definition) is 1. The van der Waals surface area contributed by atoms with Crippen molar-refractivity contribution in [2.45, 2.75) is 32.2 Å². The van der Waals surface area contributed by atoms with E-state index in [1.54, 1.807) is 0 Å². The summed E-state index contributed by atoms with van der Waals surface area (Å²) < 4.78 is 0. The maximum absolute atomic E-state index is 11.4. The molecule has 0 radical (unpaired) electrons. The Morgan fingerprint density at radius 2 is 2.23 bits per heavy atom. The molecule has 1 saturated heterocycles. The molecule has 1 amide bonds. The van der Waals surface area contributed by atoms with Gasteiger partial charge in [0.2, 0.25) is 5.91 Å². The van der Waals surface area contributed by atoms with Crippen molar-refractivity contribution in [2.75, 3.05) is 13.1 Å². The van der Waals surface area contributed by atoms with Crippen molar-refractivity contribution in [1.82, 2.24) is 4.90 Å². The fourth-order valence-electron chi connectivity index (χ4n) is 2.73. The van der Waals surface area contributed by atoms with Gasteiger partial charge in [0.05, 0.1) is 0 Å². The van der Waals surface area contributed by atoms with Crippen LogP contribution in [-0.4, -0.2) is 29.9 Å². The second-order valence-corrected chi connectivity index (χ2v) is 4.32. The van der Waals surface area contributed by atoms with Gasteiger partial charge in [-0.15, -0.1) is 0 Å². The van der Waals surface area contributed by atoms with Gasteiger partial charge in [-0.2, -0.15) is 0 Å². The smallest absolute Gasteiger partial charge is 0.222 e. The first-order valence-electron chi connectivity index (χ1n) is 5.25. The van der Waals surface area contributed by atoms with Gasteiger partial charge < -0.3 is 10.6 Å². The van der Waals surface area contributed by atoms with Crippen LogP contribution in [0.25, 0.3) is 0 Å². The Morgan fingerprint density at radius 1 is 1.46 bits per heavy atom. The van der Waals surface area contributed by atoms with Gasteiger partial charge in [-0.25, -0.2) is 0 Å². The molecule has 2 aliphatic rings. The molecular weight excluding hydrogens is 164 g/mol. The second kappa shape index (κ2) is 3.29. The van der Waals surface area contributed by atoms with Crippen LogP contribution in [0.4, 0.5) is 0 Å². The van der Waals surface area contributed by atoms with Crippen LogP contribution < -0.4 is 5.73 Å². The van der Waals surface area contributed by atoms with Crippen LogP contribution in [0.5, 0.6) is 0 Å². The van der Waals surface area contributed by atoms with Crippen molar-refractivity contribution in [3.63, 3.8) is 0 Å². The third-order valence-corrected chi connectivity index (χ3v) is 3.57. The molecule has 1 unspecified atom stereocenters. The maximum atomic E-state index is 11.4. The summed E-state index contributed by atoms with van der Waals surface area (Å²) in [5.41, 5.74) is 5.99. The van der Waals surface area contributed by atoms with E-state index >= 15 is 0 Å². The van der Waals surface area contributed by atoms with Gasteiger partial charge >= 0.3 is 0 Å². The van der Waals surface area contributed by atoms with Crippen molar-refractivity contribution in [1.29, 1.82) is 0 Å². The molecule has 2 rings (SSSR count). The summed E-state index contributed by atoms with van der Waals surface area (Å²) in [6.07, 6.45) is 3.01. The van der Waals surface area contributed by atoms with Crippen molar-refractivity contribution >= 4 is 5.91 Å². The predicted molar refractivity (Wildman–Crippen MR) is 51.1 cm³/mol. The summed E-state index contributed by atoms with van der Waals surface area (Å²) in [5, 5.41) is 0. The number of amides is 1. The lowest BCUT2D eigenvalue weighted by molar-refractivity contribution is -0.130. The highest BCUT2D eigenvalue weighted by atomic mass is 16.2. The Bertz CT molecular complexity index is 217. The molecule has 0 aromatic heterocycles. The normalized spacial score (nSPS) is 38.0. The Labute approximate surface area is 79.3 Å². The molecule has 0 aromatic rings. The van der Waals surface area contributed by atoms with Crippen LogP contribution in [0.2, 0.25) is 0 Å². The molecule has 1 aliphatic heterocycles. The number of rotatable bonds is 1. The van der Waals surface area contributed by atoms with Crippen LogP contribution >= 0.6 is 0 Å². The van der Waals surface area contributed by atoms with Gasteiger partial charge in [0.1, 0.15) is 0 Å². The number of likely N-dealkylation sites (tertiary alicyclic amines) is 1. The molecule has 74 valence electrons. The fourth-order valence-corrected chi connectivity index (χ4v) is 2.73.